The van der Waals surface area contributed by atoms with E-state index >= 15 is 0 Å². The number of morpholine rings is 1. The third-order valence-electron chi connectivity index (χ3n) is 4.25. The minimum Gasteiger partial charge on any atom is -0.443 e. The van der Waals surface area contributed by atoms with Gasteiger partial charge in [-0.15, -0.1) is 0 Å². The number of esters is 1. The molecule has 2 aromatic carbocycles. The second kappa shape index (κ2) is 8.81. The van der Waals surface area contributed by atoms with Crippen molar-refractivity contribution in [2.24, 2.45) is 0 Å². The van der Waals surface area contributed by atoms with Crippen molar-refractivity contribution in [2.75, 3.05) is 26.3 Å². The first-order valence-electron chi connectivity index (χ1n) is 8.54. The molecule has 28 heavy (non-hydrogen) atoms. The molecule has 2 aromatic rings. The maximum atomic E-state index is 13.0. The number of nitrogens with zero attached hydrogens (tertiary/aromatic N) is 2. The summed E-state index contributed by atoms with van der Waals surface area (Å²) in [5, 5.41) is 11.4. The summed E-state index contributed by atoms with van der Waals surface area (Å²) < 4.78 is 10.7. The van der Waals surface area contributed by atoms with Gasteiger partial charge in [-0.05, 0) is 12.1 Å². The third kappa shape index (κ3) is 4.47. The number of carbonyl (C=O) groups excluding carboxylic acids is 2. The Kier molecular flexibility index (Phi) is 6.23. The Morgan fingerprint density at radius 2 is 1.82 bits per heavy atom. The first kappa shape index (κ1) is 19.8. The number of rotatable bonds is 5. The molecule has 146 valence electrons. The van der Waals surface area contributed by atoms with Gasteiger partial charge in [-0.1, -0.05) is 41.9 Å². The fraction of sp³-hybridized carbons (Fsp3) is 0.263. The lowest BCUT2D eigenvalue weighted by Crippen LogP contribution is -2.44. The van der Waals surface area contributed by atoms with E-state index < -0.39 is 28.6 Å². The molecule has 1 saturated heterocycles. The molecule has 1 amide bonds. The normalized spacial score (nSPS) is 15.0. The highest BCUT2D eigenvalue weighted by Crippen LogP contribution is 2.27. The summed E-state index contributed by atoms with van der Waals surface area (Å²) in [7, 11) is 0. The predicted molar refractivity (Wildman–Crippen MR) is 100 cm³/mol. The zero-order valence-corrected chi connectivity index (χ0v) is 15.5. The number of amides is 1. The van der Waals surface area contributed by atoms with Crippen LogP contribution in [0.2, 0.25) is 5.02 Å². The van der Waals surface area contributed by atoms with E-state index in [2.05, 4.69) is 0 Å². The van der Waals surface area contributed by atoms with E-state index in [1.165, 1.54) is 12.1 Å². The Hall–Kier alpha value is -2.97. The lowest BCUT2D eigenvalue weighted by Gasteiger charge is -2.30. The molecule has 1 atom stereocenters. The second-order valence-corrected chi connectivity index (χ2v) is 6.49. The van der Waals surface area contributed by atoms with Crippen molar-refractivity contribution in [3.8, 4) is 0 Å². The van der Waals surface area contributed by atoms with Gasteiger partial charge in [0.25, 0.3) is 11.6 Å². The van der Waals surface area contributed by atoms with Gasteiger partial charge in [0.2, 0.25) is 6.10 Å². The second-order valence-electron chi connectivity index (χ2n) is 6.05. The average molecular weight is 405 g/mol. The molecular formula is C19H17ClN2O6. The van der Waals surface area contributed by atoms with Gasteiger partial charge < -0.3 is 14.4 Å². The highest BCUT2D eigenvalue weighted by Gasteiger charge is 2.32. The van der Waals surface area contributed by atoms with Crippen LogP contribution in [-0.4, -0.2) is 48.0 Å². The van der Waals surface area contributed by atoms with Gasteiger partial charge in [-0.25, -0.2) is 4.79 Å². The summed E-state index contributed by atoms with van der Waals surface area (Å²) in [5.74, 6) is -1.38. The molecule has 0 saturated carbocycles. The SMILES string of the molecule is O=C(OC(C(=O)N1CCOCC1)c1ccccc1)c1ccc(Cl)cc1[N+](=O)[O-]. The van der Waals surface area contributed by atoms with Crippen LogP contribution in [0.3, 0.4) is 0 Å². The molecule has 9 heteroatoms. The van der Waals surface area contributed by atoms with E-state index in [4.69, 9.17) is 21.1 Å². The fourth-order valence-electron chi connectivity index (χ4n) is 2.84. The summed E-state index contributed by atoms with van der Waals surface area (Å²) in [6, 6.07) is 12.2. The zero-order chi connectivity index (χ0) is 20.1. The van der Waals surface area contributed by atoms with Gasteiger partial charge in [-0.2, -0.15) is 0 Å². The van der Waals surface area contributed by atoms with Crippen LogP contribution in [0.5, 0.6) is 0 Å². The van der Waals surface area contributed by atoms with Crippen molar-refractivity contribution in [3.05, 3.63) is 74.8 Å². The van der Waals surface area contributed by atoms with Crippen LogP contribution in [0.15, 0.2) is 48.5 Å². The van der Waals surface area contributed by atoms with Gasteiger partial charge in [0.05, 0.1) is 18.1 Å². The molecule has 0 bridgehead atoms. The smallest absolute Gasteiger partial charge is 0.346 e. The van der Waals surface area contributed by atoms with Gasteiger partial charge in [0.15, 0.2) is 0 Å². The molecule has 8 nitrogen and oxygen atoms in total. The quantitative estimate of drug-likeness (QED) is 0.431. The van der Waals surface area contributed by atoms with Gasteiger partial charge in [0, 0.05) is 29.7 Å². The van der Waals surface area contributed by atoms with Crippen LogP contribution in [-0.2, 0) is 14.3 Å². The van der Waals surface area contributed by atoms with Crippen LogP contribution in [0.1, 0.15) is 22.0 Å². The summed E-state index contributed by atoms with van der Waals surface area (Å²) in [5.41, 5.74) is -0.280. The Morgan fingerprint density at radius 3 is 2.46 bits per heavy atom. The van der Waals surface area contributed by atoms with E-state index in [1.807, 2.05) is 0 Å². The molecule has 1 aliphatic rings. The van der Waals surface area contributed by atoms with Crippen molar-refractivity contribution in [3.63, 3.8) is 0 Å². The van der Waals surface area contributed by atoms with Crippen LogP contribution >= 0.6 is 11.6 Å². The Labute approximate surface area is 165 Å². The van der Waals surface area contributed by atoms with Gasteiger partial charge in [-0.3, -0.25) is 14.9 Å². The number of carbonyl (C=O) groups is 2. The number of halogens is 1. The maximum Gasteiger partial charge on any atom is 0.346 e. The van der Waals surface area contributed by atoms with Gasteiger partial charge >= 0.3 is 5.97 Å². The molecule has 1 fully saturated rings. The molecule has 1 aliphatic heterocycles. The number of hydrogen-bond acceptors (Lipinski definition) is 6. The number of ether oxygens (including phenoxy) is 2. The lowest BCUT2D eigenvalue weighted by atomic mass is 10.1. The first-order chi connectivity index (χ1) is 13.5. The Bertz CT molecular complexity index is 883. The van der Waals surface area contributed by atoms with E-state index in [9.17, 15) is 19.7 Å². The van der Waals surface area contributed by atoms with Crippen LogP contribution in [0.4, 0.5) is 5.69 Å². The first-order valence-corrected chi connectivity index (χ1v) is 8.91. The van der Waals surface area contributed by atoms with E-state index in [-0.39, 0.29) is 10.6 Å². The molecule has 3 rings (SSSR count). The third-order valence-corrected chi connectivity index (χ3v) is 4.49. The highest BCUT2D eigenvalue weighted by molar-refractivity contribution is 6.31. The van der Waals surface area contributed by atoms with Crippen LogP contribution in [0, 0.1) is 10.1 Å². The minimum atomic E-state index is -1.22. The highest BCUT2D eigenvalue weighted by atomic mass is 35.5. The Balaban J connectivity index is 1.90. The van der Waals surface area contributed by atoms with E-state index in [0.717, 1.165) is 6.07 Å². The van der Waals surface area contributed by atoms with Crippen LogP contribution in [0.25, 0.3) is 0 Å². The topological polar surface area (TPSA) is 99.0 Å². The molecule has 0 N–H and O–H groups in total. The maximum absolute atomic E-state index is 13.0. The monoisotopic (exact) mass is 404 g/mol. The number of nitro benzene ring substituents is 1. The minimum absolute atomic E-state index is 0.118. The predicted octanol–water partition coefficient (Wildman–Crippen LogP) is 3.01. The van der Waals surface area contributed by atoms with Crippen molar-refractivity contribution in [1.82, 2.24) is 4.90 Å². The van der Waals surface area contributed by atoms with E-state index in [0.29, 0.717) is 31.9 Å². The largest absolute Gasteiger partial charge is 0.443 e. The van der Waals surface area contributed by atoms with Crippen molar-refractivity contribution in [2.45, 2.75) is 6.10 Å². The van der Waals surface area contributed by atoms with Crippen molar-refractivity contribution >= 4 is 29.2 Å². The lowest BCUT2D eigenvalue weighted by molar-refractivity contribution is -0.385. The zero-order valence-electron chi connectivity index (χ0n) is 14.7. The molecule has 1 heterocycles. The van der Waals surface area contributed by atoms with E-state index in [1.54, 1.807) is 35.2 Å². The summed E-state index contributed by atoms with van der Waals surface area (Å²) >= 11 is 5.79. The fourth-order valence-corrected chi connectivity index (χ4v) is 3.00. The summed E-state index contributed by atoms with van der Waals surface area (Å²) in [4.78, 5) is 37.8. The Morgan fingerprint density at radius 1 is 1.14 bits per heavy atom. The molecule has 0 spiro atoms. The van der Waals surface area contributed by atoms with Crippen molar-refractivity contribution < 1.29 is 24.0 Å². The van der Waals surface area contributed by atoms with Crippen molar-refractivity contribution in [1.29, 1.82) is 0 Å². The van der Waals surface area contributed by atoms with Gasteiger partial charge in [0.1, 0.15) is 5.56 Å². The molecule has 0 aliphatic carbocycles. The molecule has 0 aromatic heterocycles. The summed E-state index contributed by atoms with van der Waals surface area (Å²) in [6.07, 6.45) is -1.22. The van der Waals surface area contributed by atoms with Crippen LogP contribution < -0.4 is 0 Å². The number of benzene rings is 2. The molecule has 0 radical (unpaired) electrons. The number of nitro groups is 1. The summed E-state index contributed by atoms with van der Waals surface area (Å²) in [6.45, 7) is 1.54. The molecule has 1 unspecified atom stereocenters. The average Bonchev–Trinajstić information content (AvgIpc) is 2.72. The number of hydrogen-bond donors (Lipinski definition) is 0. The standard InChI is InChI=1S/C19H17ClN2O6/c20-14-6-7-15(16(12-14)22(25)26)19(24)28-17(13-4-2-1-3-5-13)18(23)21-8-10-27-11-9-21/h1-7,12,17H,8-11H2. The molecular weight excluding hydrogens is 388 g/mol.